The van der Waals surface area contributed by atoms with E-state index < -0.39 is 0 Å². The van der Waals surface area contributed by atoms with Gasteiger partial charge in [-0.3, -0.25) is 0 Å². The number of aromatic nitrogens is 4. The summed E-state index contributed by atoms with van der Waals surface area (Å²) in [5, 5.41) is 11.9. The molecule has 3 aromatic rings. The van der Waals surface area contributed by atoms with Gasteiger partial charge in [0.25, 0.3) is 0 Å². The van der Waals surface area contributed by atoms with Crippen LogP contribution >= 0.6 is 11.8 Å². The number of para-hydroxylation sites is 1. The summed E-state index contributed by atoms with van der Waals surface area (Å²) < 4.78 is 1.75. The van der Waals surface area contributed by atoms with Gasteiger partial charge in [0.1, 0.15) is 0 Å². The maximum absolute atomic E-state index is 5.67. The highest BCUT2D eigenvalue weighted by atomic mass is 32.2. The van der Waals surface area contributed by atoms with Crippen LogP contribution in [0.15, 0.2) is 59.5 Å². The average Bonchev–Trinajstić information content (AvgIpc) is 2.96. The molecular formula is C14H13N5S. The number of hydrogen-bond donors (Lipinski definition) is 1. The van der Waals surface area contributed by atoms with Crippen LogP contribution in [0.3, 0.4) is 0 Å². The second-order valence-electron chi connectivity index (χ2n) is 4.20. The Balaban J connectivity index is 1.76. The first-order valence-corrected chi connectivity index (χ1v) is 7.12. The second-order valence-corrected chi connectivity index (χ2v) is 5.25. The van der Waals surface area contributed by atoms with Gasteiger partial charge in [0.15, 0.2) is 5.82 Å². The van der Waals surface area contributed by atoms with Crippen molar-refractivity contribution in [3.63, 3.8) is 0 Å². The van der Waals surface area contributed by atoms with E-state index in [0.29, 0.717) is 5.75 Å². The smallest absolute Gasteiger partial charge is 0.166 e. The summed E-state index contributed by atoms with van der Waals surface area (Å²) in [7, 11) is 0. The van der Waals surface area contributed by atoms with Crippen LogP contribution in [0.5, 0.6) is 0 Å². The molecule has 6 heteroatoms. The normalized spacial score (nSPS) is 10.6. The number of nitrogens with zero attached hydrogens (tertiary/aromatic N) is 4. The number of tetrazole rings is 1. The van der Waals surface area contributed by atoms with Crippen LogP contribution in [0.4, 0.5) is 5.69 Å². The zero-order chi connectivity index (χ0) is 13.8. The molecule has 0 atom stereocenters. The Labute approximate surface area is 120 Å². The molecule has 0 aliphatic carbocycles. The predicted octanol–water partition coefficient (Wildman–Crippen LogP) is 2.54. The Bertz CT molecular complexity index is 678. The van der Waals surface area contributed by atoms with Crippen LogP contribution < -0.4 is 5.73 Å². The molecule has 20 heavy (non-hydrogen) atoms. The van der Waals surface area contributed by atoms with E-state index in [4.69, 9.17) is 5.73 Å². The fraction of sp³-hybridized carbons (Fsp3) is 0.0714. The summed E-state index contributed by atoms with van der Waals surface area (Å²) in [6.07, 6.45) is 0. The Morgan fingerprint density at radius 3 is 2.50 bits per heavy atom. The minimum atomic E-state index is 0.700. The van der Waals surface area contributed by atoms with E-state index in [1.54, 1.807) is 16.4 Å². The zero-order valence-corrected chi connectivity index (χ0v) is 11.5. The number of thioether (sulfide) groups is 1. The third kappa shape index (κ3) is 2.80. The fourth-order valence-corrected chi connectivity index (χ4v) is 2.58. The van der Waals surface area contributed by atoms with Crippen molar-refractivity contribution in [3.8, 4) is 5.69 Å². The predicted molar refractivity (Wildman–Crippen MR) is 79.6 cm³/mol. The van der Waals surface area contributed by atoms with Gasteiger partial charge in [-0.25, -0.2) is 0 Å². The molecule has 2 aromatic carbocycles. The van der Waals surface area contributed by atoms with Gasteiger partial charge in [0, 0.05) is 10.6 Å². The van der Waals surface area contributed by atoms with Crippen LogP contribution in [-0.2, 0) is 5.75 Å². The Morgan fingerprint density at radius 1 is 1.00 bits per heavy atom. The standard InChI is InChI=1S/C14H13N5S/c15-11-6-8-13(9-7-11)20-10-14-16-17-18-19(14)12-4-2-1-3-5-12/h1-9H,10,15H2. The van der Waals surface area contributed by atoms with Gasteiger partial charge >= 0.3 is 0 Å². The molecule has 1 aromatic heterocycles. The SMILES string of the molecule is Nc1ccc(SCc2nnnn2-c2ccccc2)cc1. The Kier molecular flexibility index (Phi) is 3.64. The quantitative estimate of drug-likeness (QED) is 0.588. The van der Waals surface area contributed by atoms with E-state index >= 15 is 0 Å². The minimum absolute atomic E-state index is 0.700. The third-order valence-electron chi connectivity index (χ3n) is 2.78. The first kappa shape index (κ1) is 12.7. The monoisotopic (exact) mass is 283 g/mol. The number of anilines is 1. The van der Waals surface area contributed by atoms with Gasteiger partial charge in [-0.15, -0.1) is 16.9 Å². The molecule has 100 valence electrons. The highest BCUT2D eigenvalue weighted by Crippen LogP contribution is 2.23. The van der Waals surface area contributed by atoms with Crippen molar-refractivity contribution in [2.24, 2.45) is 0 Å². The van der Waals surface area contributed by atoms with Gasteiger partial charge in [0.2, 0.25) is 0 Å². The molecule has 0 bridgehead atoms. The molecule has 0 saturated carbocycles. The second kappa shape index (κ2) is 5.75. The lowest BCUT2D eigenvalue weighted by molar-refractivity contribution is 0.777. The molecule has 3 rings (SSSR count). The molecule has 0 radical (unpaired) electrons. The summed E-state index contributed by atoms with van der Waals surface area (Å²) in [6.45, 7) is 0. The van der Waals surface area contributed by atoms with Gasteiger partial charge in [0.05, 0.1) is 11.4 Å². The van der Waals surface area contributed by atoms with Crippen molar-refractivity contribution in [2.75, 3.05) is 5.73 Å². The van der Waals surface area contributed by atoms with Gasteiger partial charge in [-0.2, -0.15) is 4.68 Å². The molecule has 0 fully saturated rings. The molecular weight excluding hydrogens is 270 g/mol. The first-order valence-electron chi connectivity index (χ1n) is 6.14. The van der Waals surface area contributed by atoms with E-state index in [1.165, 1.54) is 0 Å². The molecule has 0 aliphatic rings. The van der Waals surface area contributed by atoms with E-state index in [-0.39, 0.29) is 0 Å². The van der Waals surface area contributed by atoms with Crippen molar-refractivity contribution >= 4 is 17.4 Å². The minimum Gasteiger partial charge on any atom is -0.399 e. The molecule has 1 heterocycles. The van der Waals surface area contributed by atoms with Crippen LogP contribution in [0.1, 0.15) is 5.82 Å². The molecule has 0 unspecified atom stereocenters. The number of benzene rings is 2. The van der Waals surface area contributed by atoms with Gasteiger partial charge in [-0.1, -0.05) is 18.2 Å². The lowest BCUT2D eigenvalue weighted by atomic mass is 10.3. The average molecular weight is 283 g/mol. The van der Waals surface area contributed by atoms with Crippen molar-refractivity contribution in [3.05, 3.63) is 60.4 Å². The molecule has 5 nitrogen and oxygen atoms in total. The zero-order valence-electron chi connectivity index (χ0n) is 10.7. The largest absolute Gasteiger partial charge is 0.399 e. The molecule has 0 saturated heterocycles. The number of nitrogens with two attached hydrogens (primary N) is 1. The molecule has 0 spiro atoms. The molecule has 0 amide bonds. The summed E-state index contributed by atoms with van der Waals surface area (Å²) in [5.41, 5.74) is 7.40. The van der Waals surface area contributed by atoms with Crippen LogP contribution in [0.25, 0.3) is 5.69 Å². The van der Waals surface area contributed by atoms with Crippen LogP contribution in [0.2, 0.25) is 0 Å². The Hall–Kier alpha value is -2.34. The van der Waals surface area contributed by atoms with Gasteiger partial charge < -0.3 is 5.73 Å². The van der Waals surface area contributed by atoms with Crippen LogP contribution in [0, 0.1) is 0 Å². The van der Waals surface area contributed by atoms with Crippen molar-refractivity contribution in [2.45, 2.75) is 10.6 Å². The van der Waals surface area contributed by atoms with Crippen molar-refractivity contribution < 1.29 is 0 Å². The van der Waals surface area contributed by atoms with E-state index in [1.807, 2.05) is 54.6 Å². The summed E-state index contributed by atoms with van der Waals surface area (Å²) >= 11 is 1.68. The highest BCUT2D eigenvalue weighted by molar-refractivity contribution is 7.98. The molecule has 2 N–H and O–H groups in total. The maximum Gasteiger partial charge on any atom is 0.166 e. The number of hydrogen-bond acceptors (Lipinski definition) is 5. The van der Waals surface area contributed by atoms with Gasteiger partial charge in [-0.05, 0) is 46.8 Å². The third-order valence-corrected chi connectivity index (χ3v) is 3.79. The number of nitrogen functional groups attached to an aromatic ring is 1. The van der Waals surface area contributed by atoms with E-state index in [0.717, 1.165) is 22.1 Å². The van der Waals surface area contributed by atoms with E-state index in [9.17, 15) is 0 Å². The summed E-state index contributed by atoms with van der Waals surface area (Å²) in [5.74, 6) is 1.52. The van der Waals surface area contributed by atoms with E-state index in [2.05, 4.69) is 15.5 Å². The number of rotatable bonds is 4. The maximum atomic E-state index is 5.67. The van der Waals surface area contributed by atoms with Crippen molar-refractivity contribution in [1.82, 2.24) is 20.2 Å². The Morgan fingerprint density at radius 2 is 1.75 bits per heavy atom. The summed E-state index contributed by atoms with van der Waals surface area (Å²) in [4.78, 5) is 1.14. The summed E-state index contributed by atoms with van der Waals surface area (Å²) in [6, 6.07) is 17.6. The van der Waals surface area contributed by atoms with Crippen molar-refractivity contribution in [1.29, 1.82) is 0 Å². The lowest BCUT2D eigenvalue weighted by Gasteiger charge is -2.04. The lowest BCUT2D eigenvalue weighted by Crippen LogP contribution is -2.01. The van der Waals surface area contributed by atoms with Crippen LogP contribution in [-0.4, -0.2) is 20.2 Å². The first-order chi connectivity index (χ1) is 9.83. The molecule has 0 aliphatic heterocycles. The topological polar surface area (TPSA) is 69.6 Å². The highest BCUT2D eigenvalue weighted by Gasteiger charge is 2.08. The fourth-order valence-electron chi connectivity index (χ4n) is 1.78.